The number of carbonyl (C=O) groups excluding carboxylic acids is 1. The first-order valence-corrected chi connectivity index (χ1v) is 9.00. The highest BCUT2D eigenvalue weighted by Gasteiger charge is 2.17. The fourth-order valence-corrected chi connectivity index (χ4v) is 3.22. The molecule has 0 aliphatic rings. The molecule has 0 bridgehead atoms. The second-order valence-corrected chi connectivity index (χ2v) is 6.76. The minimum absolute atomic E-state index is 0.0520. The maximum atomic E-state index is 12.8. The molecular formula is C23H21N3O. The van der Waals surface area contributed by atoms with Crippen molar-refractivity contribution in [1.82, 2.24) is 9.38 Å². The third-order valence-electron chi connectivity index (χ3n) is 4.70. The maximum Gasteiger partial charge on any atom is 0.229 e. The zero-order valence-corrected chi connectivity index (χ0v) is 15.4. The Morgan fingerprint density at radius 3 is 2.52 bits per heavy atom. The molecule has 0 atom stereocenters. The van der Waals surface area contributed by atoms with Crippen LogP contribution in [-0.4, -0.2) is 15.3 Å². The number of nitrogens with one attached hydrogen (secondary N) is 1. The molecule has 4 aromatic rings. The maximum absolute atomic E-state index is 12.8. The predicted molar refractivity (Wildman–Crippen MR) is 109 cm³/mol. The van der Waals surface area contributed by atoms with Gasteiger partial charge in [0.2, 0.25) is 5.91 Å². The van der Waals surface area contributed by atoms with Crippen molar-refractivity contribution >= 4 is 17.4 Å². The summed E-state index contributed by atoms with van der Waals surface area (Å²) in [5, 5.41) is 3.09. The van der Waals surface area contributed by atoms with E-state index < -0.39 is 0 Å². The molecule has 4 nitrogen and oxygen atoms in total. The molecule has 0 aliphatic carbocycles. The van der Waals surface area contributed by atoms with E-state index in [1.165, 1.54) is 0 Å². The number of benzene rings is 2. The molecule has 0 radical (unpaired) electrons. The van der Waals surface area contributed by atoms with Crippen molar-refractivity contribution in [2.75, 3.05) is 5.32 Å². The number of fused-ring (bicyclic) bond motifs is 1. The molecule has 0 saturated carbocycles. The lowest BCUT2D eigenvalue weighted by Crippen LogP contribution is -2.16. The van der Waals surface area contributed by atoms with Crippen molar-refractivity contribution in [3.8, 4) is 11.3 Å². The number of anilines is 1. The summed E-state index contributed by atoms with van der Waals surface area (Å²) in [6.45, 7) is 4.06. The highest BCUT2D eigenvalue weighted by Crippen LogP contribution is 2.29. The Labute approximate surface area is 158 Å². The van der Waals surface area contributed by atoms with Gasteiger partial charge in [-0.2, -0.15) is 0 Å². The van der Waals surface area contributed by atoms with Crippen molar-refractivity contribution < 1.29 is 4.79 Å². The fraction of sp³-hybridized carbons (Fsp3) is 0.130. The van der Waals surface area contributed by atoms with Crippen LogP contribution in [0.15, 0.2) is 72.9 Å². The van der Waals surface area contributed by atoms with Gasteiger partial charge >= 0.3 is 0 Å². The quantitative estimate of drug-likeness (QED) is 0.571. The van der Waals surface area contributed by atoms with Crippen molar-refractivity contribution in [2.45, 2.75) is 20.3 Å². The van der Waals surface area contributed by atoms with Gasteiger partial charge < -0.3 is 5.32 Å². The SMILES string of the molecule is Cc1ccn2c(NC(=O)Cc3ccccc3C)c(-c3ccccc3)nc2c1. The van der Waals surface area contributed by atoms with Crippen molar-refractivity contribution in [1.29, 1.82) is 0 Å². The second kappa shape index (κ2) is 7.08. The number of rotatable bonds is 4. The largest absolute Gasteiger partial charge is 0.310 e. The monoisotopic (exact) mass is 355 g/mol. The number of aryl methyl sites for hydroxylation is 2. The number of hydrogen-bond acceptors (Lipinski definition) is 2. The van der Waals surface area contributed by atoms with Gasteiger partial charge in [0, 0.05) is 11.8 Å². The first kappa shape index (κ1) is 17.0. The molecule has 0 unspecified atom stereocenters. The van der Waals surface area contributed by atoms with Crippen molar-refractivity contribution in [2.24, 2.45) is 0 Å². The molecule has 0 saturated heterocycles. The second-order valence-electron chi connectivity index (χ2n) is 6.76. The third-order valence-corrected chi connectivity index (χ3v) is 4.70. The molecule has 0 aliphatic heterocycles. The summed E-state index contributed by atoms with van der Waals surface area (Å²) in [4.78, 5) is 17.5. The Bertz CT molecular complexity index is 1110. The summed E-state index contributed by atoms with van der Waals surface area (Å²) in [5.41, 5.74) is 5.85. The topological polar surface area (TPSA) is 46.4 Å². The van der Waals surface area contributed by atoms with Crippen molar-refractivity contribution in [3.63, 3.8) is 0 Å². The van der Waals surface area contributed by atoms with Crippen LogP contribution >= 0.6 is 0 Å². The lowest BCUT2D eigenvalue weighted by molar-refractivity contribution is -0.115. The predicted octanol–water partition coefficient (Wildman–Crippen LogP) is 4.80. The van der Waals surface area contributed by atoms with Gasteiger partial charge in [-0.15, -0.1) is 0 Å². The van der Waals surface area contributed by atoms with Crippen LogP contribution in [0.1, 0.15) is 16.7 Å². The number of carbonyl (C=O) groups is 1. The van der Waals surface area contributed by atoms with Gasteiger partial charge in [0.15, 0.2) is 0 Å². The first-order valence-electron chi connectivity index (χ1n) is 9.00. The molecule has 1 amide bonds. The van der Waals surface area contributed by atoms with E-state index in [9.17, 15) is 4.79 Å². The summed E-state index contributed by atoms with van der Waals surface area (Å²) in [7, 11) is 0. The summed E-state index contributed by atoms with van der Waals surface area (Å²) >= 11 is 0. The van der Waals surface area contributed by atoms with Gasteiger partial charge in [-0.3, -0.25) is 9.20 Å². The fourth-order valence-electron chi connectivity index (χ4n) is 3.22. The van der Waals surface area contributed by atoms with Gasteiger partial charge in [0.1, 0.15) is 17.2 Å². The third kappa shape index (κ3) is 3.47. The van der Waals surface area contributed by atoms with Gasteiger partial charge in [-0.1, -0.05) is 54.6 Å². The molecular weight excluding hydrogens is 334 g/mol. The van der Waals surface area contributed by atoms with E-state index in [0.29, 0.717) is 12.2 Å². The molecule has 4 rings (SSSR count). The smallest absolute Gasteiger partial charge is 0.229 e. The summed E-state index contributed by atoms with van der Waals surface area (Å²) in [5.74, 6) is 0.652. The molecule has 27 heavy (non-hydrogen) atoms. The molecule has 0 fully saturated rings. The number of hydrogen-bond donors (Lipinski definition) is 1. The van der Waals surface area contributed by atoms with E-state index >= 15 is 0 Å². The van der Waals surface area contributed by atoms with Gasteiger partial charge in [-0.05, 0) is 42.7 Å². The Hall–Kier alpha value is -3.40. The molecule has 134 valence electrons. The normalized spacial score (nSPS) is 10.9. The Morgan fingerprint density at radius 1 is 1.00 bits per heavy atom. The van der Waals surface area contributed by atoms with Crippen LogP contribution in [0.3, 0.4) is 0 Å². The average Bonchev–Trinajstić information content (AvgIpc) is 3.01. The number of nitrogens with zero attached hydrogens (tertiary/aromatic N) is 2. The Kier molecular flexibility index (Phi) is 4.47. The zero-order chi connectivity index (χ0) is 18.8. The van der Waals surface area contributed by atoms with Gasteiger partial charge in [-0.25, -0.2) is 4.98 Å². The Balaban J connectivity index is 1.73. The minimum atomic E-state index is -0.0520. The van der Waals surface area contributed by atoms with Crippen LogP contribution in [0.4, 0.5) is 5.82 Å². The van der Waals surface area contributed by atoms with Crippen LogP contribution in [-0.2, 0) is 11.2 Å². The van der Waals surface area contributed by atoms with Crippen LogP contribution in [0.25, 0.3) is 16.9 Å². The van der Waals surface area contributed by atoms with E-state index in [0.717, 1.165) is 33.6 Å². The summed E-state index contributed by atoms with van der Waals surface area (Å²) < 4.78 is 1.94. The van der Waals surface area contributed by atoms with E-state index in [1.807, 2.05) is 91.2 Å². The molecule has 2 aromatic carbocycles. The number of aromatic nitrogens is 2. The van der Waals surface area contributed by atoms with E-state index in [2.05, 4.69) is 5.32 Å². The first-order chi connectivity index (χ1) is 13.1. The number of imidazole rings is 1. The van der Waals surface area contributed by atoms with Crippen LogP contribution in [0.2, 0.25) is 0 Å². The zero-order valence-electron chi connectivity index (χ0n) is 15.4. The molecule has 2 aromatic heterocycles. The van der Waals surface area contributed by atoms with E-state index in [4.69, 9.17) is 4.98 Å². The minimum Gasteiger partial charge on any atom is -0.310 e. The van der Waals surface area contributed by atoms with Gasteiger partial charge in [0.25, 0.3) is 0 Å². The summed E-state index contributed by atoms with van der Waals surface area (Å²) in [6, 6.07) is 21.9. The Morgan fingerprint density at radius 2 is 1.74 bits per heavy atom. The molecule has 1 N–H and O–H groups in total. The number of amides is 1. The standard InChI is InChI=1S/C23H21N3O/c1-16-12-13-26-20(14-16)24-22(18-9-4-3-5-10-18)23(26)25-21(27)15-19-11-7-6-8-17(19)2/h3-14H,15H2,1-2H3,(H,25,27). The van der Waals surface area contributed by atoms with E-state index in [1.54, 1.807) is 0 Å². The highest BCUT2D eigenvalue weighted by molar-refractivity contribution is 5.95. The average molecular weight is 355 g/mol. The molecule has 4 heteroatoms. The van der Waals surface area contributed by atoms with Crippen molar-refractivity contribution in [3.05, 3.63) is 89.6 Å². The highest BCUT2D eigenvalue weighted by atomic mass is 16.1. The number of pyridine rings is 1. The lowest BCUT2D eigenvalue weighted by atomic mass is 10.1. The van der Waals surface area contributed by atoms with E-state index in [-0.39, 0.29) is 5.91 Å². The molecule has 2 heterocycles. The lowest BCUT2D eigenvalue weighted by Gasteiger charge is -2.09. The van der Waals surface area contributed by atoms with Gasteiger partial charge in [0.05, 0.1) is 6.42 Å². The van der Waals surface area contributed by atoms with Crippen LogP contribution in [0, 0.1) is 13.8 Å². The van der Waals surface area contributed by atoms with Crippen LogP contribution < -0.4 is 5.32 Å². The van der Waals surface area contributed by atoms with Crippen LogP contribution in [0.5, 0.6) is 0 Å². The summed E-state index contributed by atoms with van der Waals surface area (Å²) in [6.07, 6.45) is 2.29. The molecule has 0 spiro atoms.